The highest BCUT2D eigenvalue weighted by molar-refractivity contribution is 7.98. The van der Waals surface area contributed by atoms with Crippen LogP contribution in [0.2, 0.25) is 5.02 Å². The van der Waals surface area contributed by atoms with Gasteiger partial charge in [-0.25, -0.2) is 0 Å². The lowest BCUT2D eigenvalue weighted by molar-refractivity contribution is 0.270. The van der Waals surface area contributed by atoms with Crippen molar-refractivity contribution < 1.29 is 13.6 Å². The van der Waals surface area contributed by atoms with Gasteiger partial charge in [-0.15, -0.1) is 10.2 Å². The number of aromatic nitrogens is 3. The average molecular weight is 415 g/mol. The van der Waals surface area contributed by atoms with Crippen LogP contribution in [0.3, 0.4) is 0 Å². The summed E-state index contributed by atoms with van der Waals surface area (Å²) in [6.07, 6.45) is 5.08. The molecular weight excluding hydrogens is 400 g/mol. The van der Waals surface area contributed by atoms with Gasteiger partial charge in [0, 0.05) is 5.02 Å². The van der Waals surface area contributed by atoms with Gasteiger partial charge in [-0.3, -0.25) is 0 Å². The van der Waals surface area contributed by atoms with Gasteiger partial charge >= 0.3 is 0 Å². The van der Waals surface area contributed by atoms with E-state index in [-0.39, 0.29) is 0 Å². The van der Waals surface area contributed by atoms with E-state index in [9.17, 15) is 0 Å². The minimum atomic E-state index is 0.301. The second-order valence-electron chi connectivity index (χ2n) is 5.59. The minimum absolute atomic E-state index is 0.301. The van der Waals surface area contributed by atoms with Gasteiger partial charge in [0.25, 0.3) is 0 Å². The first kappa shape index (κ1) is 18.4. The summed E-state index contributed by atoms with van der Waals surface area (Å²) < 4.78 is 18.4. The van der Waals surface area contributed by atoms with Gasteiger partial charge < -0.3 is 13.6 Å². The van der Waals surface area contributed by atoms with E-state index in [0.29, 0.717) is 45.6 Å². The molecular formula is C19H15ClN4O3S. The predicted octanol–water partition coefficient (Wildman–Crippen LogP) is 4.97. The summed E-state index contributed by atoms with van der Waals surface area (Å²) in [7, 11) is 0. The number of ether oxygens (including phenoxy) is 1. The predicted molar refractivity (Wildman–Crippen MR) is 107 cm³/mol. The monoisotopic (exact) mass is 414 g/mol. The van der Waals surface area contributed by atoms with Gasteiger partial charge in [0.15, 0.2) is 5.76 Å². The van der Waals surface area contributed by atoms with E-state index in [1.54, 1.807) is 53.6 Å². The summed E-state index contributed by atoms with van der Waals surface area (Å²) in [5.41, 5.74) is 0. The van der Waals surface area contributed by atoms with Crippen LogP contribution >= 0.6 is 23.4 Å². The van der Waals surface area contributed by atoms with Crippen molar-refractivity contribution in [3.05, 3.63) is 71.3 Å². The van der Waals surface area contributed by atoms with Gasteiger partial charge in [-0.2, -0.15) is 9.78 Å². The first-order valence-electron chi connectivity index (χ1n) is 8.27. The number of halogens is 1. The molecule has 0 spiro atoms. The molecule has 0 aliphatic heterocycles. The lowest BCUT2D eigenvalue weighted by Gasteiger charge is -2.03. The molecule has 0 saturated carbocycles. The van der Waals surface area contributed by atoms with Crippen molar-refractivity contribution in [2.75, 3.05) is 6.26 Å². The van der Waals surface area contributed by atoms with E-state index < -0.39 is 0 Å². The van der Waals surface area contributed by atoms with Gasteiger partial charge in [0.2, 0.25) is 11.0 Å². The molecule has 28 heavy (non-hydrogen) atoms. The fraction of sp³-hybridized carbons (Fsp3) is 0.105. The van der Waals surface area contributed by atoms with Crippen LogP contribution in [-0.2, 0) is 6.61 Å². The number of furan rings is 2. The quantitative estimate of drug-likeness (QED) is 0.314. The molecule has 0 N–H and O–H groups in total. The van der Waals surface area contributed by atoms with Crippen molar-refractivity contribution in [1.29, 1.82) is 0 Å². The largest absolute Gasteiger partial charge is 0.486 e. The number of thioether (sulfide) groups is 1. The molecule has 142 valence electrons. The maximum Gasteiger partial charge on any atom is 0.221 e. The third-order valence-corrected chi connectivity index (χ3v) is 4.59. The molecule has 1 aromatic carbocycles. The van der Waals surface area contributed by atoms with Gasteiger partial charge in [0.1, 0.15) is 23.9 Å². The highest BCUT2D eigenvalue weighted by atomic mass is 35.5. The van der Waals surface area contributed by atoms with Crippen molar-refractivity contribution in [2.45, 2.75) is 11.8 Å². The zero-order valence-electron chi connectivity index (χ0n) is 14.8. The molecule has 0 amide bonds. The molecule has 0 saturated heterocycles. The van der Waals surface area contributed by atoms with Crippen LogP contribution in [0.1, 0.15) is 11.5 Å². The minimum Gasteiger partial charge on any atom is -0.486 e. The first-order chi connectivity index (χ1) is 13.7. The fourth-order valence-electron chi connectivity index (χ4n) is 2.40. The first-order valence-corrected chi connectivity index (χ1v) is 9.88. The summed E-state index contributed by atoms with van der Waals surface area (Å²) in [5.74, 6) is 3.08. The Morgan fingerprint density at radius 3 is 2.79 bits per heavy atom. The molecule has 9 heteroatoms. The second kappa shape index (κ2) is 8.37. The van der Waals surface area contributed by atoms with Crippen LogP contribution < -0.4 is 4.74 Å². The molecule has 0 aliphatic rings. The summed E-state index contributed by atoms with van der Waals surface area (Å²) in [5, 5.41) is 14.0. The molecule has 4 aromatic rings. The lowest BCUT2D eigenvalue weighted by Crippen LogP contribution is -1.95. The summed E-state index contributed by atoms with van der Waals surface area (Å²) in [6.45, 7) is 0.301. The maximum absolute atomic E-state index is 5.87. The van der Waals surface area contributed by atoms with Crippen molar-refractivity contribution in [3.63, 3.8) is 0 Å². The zero-order chi connectivity index (χ0) is 19.3. The maximum atomic E-state index is 5.87. The van der Waals surface area contributed by atoms with E-state index >= 15 is 0 Å². The second-order valence-corrected chi connectivity index (χ2v) is 6.80. The summed E-state index contributed by atoms with van der Waals surface area (Å²) in [6, 6.07) is 14.4. The Morgan fingerprint density at radius 1 is 1.18 bits per heavy atom. The van der Waals surface area contributed by atoms with E-state index in [2.05, 4.69) is 15.3 Å². The Kier molecular flexibility index (Phi) is 5.50. The number of rotatable bonds is 7. The molecule has 4 rings (SSSR count). The highest BCUT2D eigenvalue weighted by Crippen LogP contribution is 2.23. The Labute approximate surface area is 170 Å². The molecule has 0 unspecified atom stereocenters. The zero-order valence-corrected chi connectivity index (χ0v) is 16.4. The molecule has 0 bridgehead atoms. The number of nitrogens with zero attached hydrogens (tertiary/aromatic N) is 4. The molecule has 3 heterocycles. The van der Waals surface area contributed by atoms with Crippen LogP contribution in [0, 0.1) is 0 Å². The molecule has 0 aliphatic carbocycles. The van der Waals surface area contributed by atoms with Gasteiger partial charge in [-0.05, 0) is 54.8 Å². The van der Waals surface area contributed by atoms with Crippen molar-refractivity contribution in [3.8, 4) is 17.3 Å². The van der Waals surface area contributed by atoms with Crippen LogP contribution in [-0.4, -0.2) is 27.3 Å². The van der Waals surface area contributed by atoms with E-state index in [1.165, 1.54) is 11.8 Å². The van der Waals surface area contributed by atoms with Gasteiger partial charge in [0.05, 0.1) is 12.5 Å². The van der Waals surface area contributed by atoms with Crippen LogP contribution in [0.5, 0.6) is 5.75 Å². The average Bonchev–Trinajstić information content (AvgIpc) is 3.45. The van der Waals surface area contributed by atoms with Gasteiger partial charge in [-0.1, -0.05) is 23.4 Å². The van der Waals surface area contributed by atoms with E-state index in [4.69, 9.17) is 25.2 Å². The number of hydrogen-bond donors (Lipinski definition) is 0. The Balaban J connectivity index is 1.47. The number of hydrogen-bond acceptors (Lipinski definition) is 7. The van der Waals surface area contributed by atoms with Crippen molar-refractivity contribution >= 4 is 29.6 Å². The Bertz CT molecular complexity index is 1070. The SMILES string of the molecule is CSc1nnc(-c2ccco2)n1N=Cc1ccc(COc2ccc(Cl)cc2)o1. The summed E-state index contributed by atoms with van der Waals surface area (Å²) in [4.78, 5) is 0. The standard InChI is InChI=1S/C19H15ClN4O3S/c1-28-19-23-22-18(17-3-2-10-25-17)24(19)21-11-15-8-9-16(27-15)12-26-14-6-4-13(20)5-7-14/h2-11H,12H2,1H3. The molecule has 0 atom stereocenters. The lowest BCUT2D eigenvalue weighted by atomic mass is 10.3. The normalized spacial score (nSPS) is 11.4. The smallest absolute Gasteiger partial charge is 0.221 e. The Morgan fingerprint density at radius 2 is 2.04 bits per heavy atom. The summed E-state index contributed by atoms with van der Waals surface area (Å²) >= 11 is 7.30. The molecule has 0 radical (unpaired) electrons. The van der Waals surface area contributed by atoms with Crippen LogP contribution in [0.25, 0.3) is 11.6 Å². The molecule has 0 fully saturated rings. The number of benzene rings is 1. The third-order valence-electron chi connectivity index (χ3n) is 3.71. The molecule has 3 aromatic heterocycles. The Hall–Kier alpha value is -2.97. The van der Waals surface area contributed by atoms with E-state index in [0.717, 1.165) is 0 Å². The molecule has 7 nitrogen and oxygen atoms in total. The van der Waals surface area contributed by atoms with Crippen LogP contribution in [0.4, 0.5) is 0 Å². The van der Waals surface area contributed by atoms with E-state index in [1.807, 2.05) is 18.4 Å². The van der Waals surface area contributed by atoms with Crippen molar-refractivity contribution in [2.24, 2.45) is 5.10 Å². The third kappa shape index (κ3) is 4.13. The fourth-order valence-corrected chi connectivity index (χ4v) is 2.95. The topological polar surface area (TPSA) is 78.6 Å². The van der Waals surface area contributed by atoms with Crippen molar-refractivity contribution in [1.82, 2.24) is 14.9 Å². The van der Waals surface area contributed by atoms with Crippen LogP contribution in [0.15, 0.2) is 73.9 Å². The highest BCUT2D eigenvalue weighted by Gasteiger charge is 2.15.